The number of benzene rings is 1. The molecule has 0 aromatic heterocycles. The summed E-state index contributed by atoms with van der Waals surface area (Å²) in [5.41, 5.74) is 1.24. The van der Waals surface area contributed by atoms with Gasteiger partial charge in [-0.2, -0.15) is 0 Å². The third-order valence-electron chi connectivity index (χ3n) is 5.22. The molecule has 0 spiro atoms. The predicted molar refractivity (Wildman–Crippen MR) is 96.6 cm³/mol. The molecular weight excluding hydrogens is 318 g/mol. The summed E-state index contributed by atoms with van der Waals surface area (Å²) in [7, 11) is 0. The van der Waals surface area contributed by atoms with Gasteiger partial charge in [0.25, 0.3) is 0 Å². The Morgan fingerprint density at radius 2 is 1.92 bits per heavy atom. The molecule has 136 valence electrons. The second kappa shape index (κ2) is 8.34. The molecule has 6 nitrogen and oxygen atoms in total. The number of carboxylic acid groups (broad SMARTS) is 1. The average Bonchev–Trinajstić information content (AvgIpc) is 3.10. The highest BCUT2D eigenvalue weighted by Crippen LogP contribution is 2.23. The minimum absolute atomic E-state index is 0.00389. The van der Waals surface area contributed by atoms with Crippen molar-refractivity contribution in [2.75, 3.05) is 44.2 Å². The van der Waals surface area contributed by atoms with E-state index in [-0.39, 0.29) is 11.8 Å². The van der Waals surface area contributed by atoms with E-state index in [4.69, 9.17) is 5.11 Å². The fraction of sp³-hybridized carbons (Fsp3) is 0.579. The largest absolute Gasteiger partial charge is 0.481 e. The van der Waals surface area contributed by atoms with Gasteiger partial charge in [0.2, 0.25) is 5.91 Å². The molecule has 0 bridgehead atoms. The van der Waals surface area contributed by atoms with Crippen LogP contribution in [0.4, 0.5) is 5.69 Å². The van der Waals surface area contributed by atoms with Crippen LogP contribution in [0.5, 0.6) is 0 Å². The Bertz CT molecular complexity index is 593. The fourth-order valence-electron chi connectivity index (χ4n) is 3.79. The molecule has 2 unspecified atom stereocenters. The Balaban J connectivity index is 1.39. The Labute approximate surface area is 148 Å². The summed E-state index contributed by atoms with van der Waals surface area (Å²) in [5.74, 6) is -0.616. The predicted octanol–water partition coefficient (Wildman–Crippen LogP) is 1.43. The summed E-state index contributed by atoms with van der Waals surface area (Å²) in [4.78, 5) is 27.6. The number of carbonyl (C=O) groups is 2. The summed E-state index contributed by atoms with van der Waals surface area (Å²) < 4.78 is 0. The lowest BCUT2D eigenvalue weighted by Gasteiger charge is -2.30. The van der Waals surface area contributed by atoms with E-state index in [0.717, 1.165) is 32.5 Å². The van der Waals surface area contributed by atoms with Gasteiger partial charge in [-0.3, -0.25) is 14.5 Å². The first-order chi connectivity index (χ1) is 12.1. The third kappa shape index (κ3) is 4.95. The highest BCUT2D eigenvalue weighted by atomic mass is 16.4. The van der Waals surface area contributed by atoms with Gasteiger partial charge in [-0.05, 0) is 43.9 Å². The normalized spacial score (nSPS) is 24.2. The Kier molecular flexibility index (Phi) is 5.91. The summed E-state index contributed by atoms with van der Waals surface area (Å²) in [6.07, 6.45) is 2.64. The molecule has 0 radical (unpaired) electrons. The van der Waals surface area contributed by atoms with Crippen LogP contribution in [0.15, 0.2) is 30.3 Å². The molecule has 2 fully saturated rings. The van der Waals surface area contributed by atoms with E-state index in [9.17, 15) is 9.59 Å². The van der Waals surface area contributed by atoms with Gasteiger partial charge in [0.05, 0.1) is 12.5 Å². The van der Waals surface area contributed by atoms with Crippen molar-refractivity contribution in [2.45, 2.75) is 19.3 Å². The Morgan fingerprint density at radius 1 is 1.12 bits per heavy atom. The molecule has 0 aliphatic carbocycles. The standard InChI is InChI=1S/C19H27N3O3/c23-18(14-21-9-4-5-16(13-21)19(24)25)20-11-15-8-10-22(12-15)17-6-2-1-3-7-17/h1-3,6-7,15-16H,4-5,8-14H2,(H,20,23)(H,24,25). The number of rotatable bonds is 6. The molecular formula is C19H27N3O3. The van der Waals surface area contributed by atoms with Crippen LogP contribution in [0.2, 0.25) is 0 Å². The molecule has 2 atom stereocenters. The number of nitrogens with one attached hydrogen (secondary N) is 1. The van der Waals surface area contributed by atoms with E-state index in [1.165, 1.54) is 5.69 Å². The van der Waals surface area contributed by atoms with E-state index in [0.29, 0.717) is 32.0 Å². The summed E-state index contributed by atoms with van der Waals surface area (Å²) >= 11 is 0. The maximum absolute atomic E-state index is 12.2. The van der Waals surface area contributed by atoms with Crippen LogP contribution < -0.4 is 10.2 Å². The first-order valence-corrected chi connectivity index (χ1v) is 9.13. The zero-order valence-electron chi connectivity index (χ0n) is 14.6. The first-order valence-electron chi connectivity index (χ1n) is 9.13. The van der Waals surface area contributed by atoms with E-state index in [2.05, 4.69) is 22.3 Å². The molecule has 2 aliphatic heterocycles. The topological polar surface area (TPSA) is 72.9 Å². The van der Waals surface area contributed by atoms with Gasteiger partial charge in [-0.1, -0.05) is 18.2 Å². The highest BCUT2D eigenvalue weighted by Gasteiger charge is 2.27. The van der Waals surface area contributed by atoms with E-state index in [1.54, 1.807) is 0 Å². The highest BCUT2D eigenvalue weighted by molar-refractivity contribution is 5.78. The number of aliphatic carboxylic acids is 1. The second-order valence-electron chi connectivity index (χ2n) is 7.15. The number of hydrogen-bond acceptors (Lipinski definition) is 4. The van der Waals surface area contributed by atoms with Crippen molar-refractivity contribution in [3.63, 3.8) is 0 Å². The molecule has 6 heteroatoms. The molecule has 1 amide bonds. The van der Waals surface area contributed by atoms with Gasteiger partial charge in [0.1, 0.15) is 0 Å². The molecule has 2 heterocycles. The summed E-state index contributed by atoms with van der Waals surface area (Å²) in [6.45, 7) is 4.28. The zero-order chi connectivity index (χ0) is 17.6. The Hall–Kier alpha value is -2.08. The lowest BCUT2D eigenvalue weighted by molar-refractivity contribution is -0.144. The number of carboxylic acids is 1. The van der Waals surface area contributed by atoms with Crippen LogP contribution in [-0.4, -0.2) is 61.2 Å². The van der Waals surface area contributed by atoms with Crippen LogP contribution in [0.3, 0.4) is 0 Å². The van der Waals surface area contributed by atoms with Crippen molar-refractivity contribution in [3.05, 3.63) is 30.3 Å². The van der Waals surface area contributed by atoms with Crippen molar-refractivity contribution >= 4 is 17.6 Å². The SMILES string of the molecule is O=C(CN1CCCC(C(=O)O)C1)NCC1CCN(c2ccccc2)C1. The van der Waals surface area contributed by atoms with Crippen molar-refractivity contribution < 1.29 is 14.7 Å². The Morgan fingerprint density at radius 3 is 2.68 bits per heavy atom. The van der Waals surface area contributed by atoms with Crippen molar-refractivity contribution in [3.8, 4) is 0 Å². The molecule has 2 saturated heterocycles. The van der Waals surface area contributed by atoms with Gasteiger partial charge < -0.3 is 15.3 Å². The van der Waals surface area contributed by atoms with Gasteiger partial charge in [0, 0.05) is 31.9 Å². The van der Waals surface area contributed by atoms with Crippen molar-refractivity contribution in [2.24, 2.45) is 11.8 Å². The first kappa shape index (κ1) is 17.7. The number of carbonyl (C=O) groups excluding carboxylic acids is 1. The van der Waals surface area contributed by atoms with Gasteiger partial charge in [-0.15, -0.1) is 0 Å². The molecule has 1 aromatic rings. The molecule has 25 heavy (non-hydrogen) atoms. The number of likely N-dealkylation sites (tertiary alicyclic amines) is 1. The lowest BCUT2D eigenvalue weighted by atomic mass is 9.98. The molecule has 0 saturated carbocycles. The number of anilines is 1. The smallest absolute Gasteiger partial charge is 0.307 e. The molecule has 2 aliphatic rings. The van der Waals surface area contributed by atoms with Crippen LogP contribution in [0.1, 0.15) is 19.3 Å². The molecule has 1 aromatic carbocycles. The van der Waals surface area contributed by atoms with Crippen LogP contribution in [-0.2, 0) is 9.59 Å². The number of amides is 1. The maximum atomic E-state index is 12.2. The van der Waals surface area contributed by atoms with Gasteiger partial charge in [0.15, 0.2) is 0 Å². The number of nitrogens with zero attached hydrogens (tertiary/aromatic N) is 2. The van der Waals surface area contributed by atoms with E-state index < -0.39 is 5.97 Å². The van der Waals surface area contributed by atoms with Crippen LogP contribution in [0, 0.1) is 11.8 Å². The van der Waals surface area contributed by atoms with Crippen LogP contribution in [0.25, 0.3) is 0 Å². The van der Waals surface area contributed by atoms with Crippen molar-refractivity contribution in [1.29, 1.82) is 0 Å². The van der Waals surface area contributed by atoms with Gasteiger partial charge >= 0.3 is 5.97 Å². The zero-order valence-corrected chi connectivity index (χ0v) is 14.6. The second-order valence-corrected chi connectivity index (χ2v) is 7.15. The fourth-order valence-corrected chi connectivity index (χ4v) is 3.79. The van der Waals surface area contributed by atoms with E-state index in [1.807, 2.05) is 23.1 Å². The molecule has 2 N–H and O–H groups in total. The number of piperidine rings is 1. The summed E-state index contributed by atoms with van der Waals surface area (Å²) in [5, 5.41) is 12.2. The maximum Gasteiger partial charge on any atom is 0.307 e. The number of para-hydroxylation sites is 1. The quantitative estimate of drug-likeness (QED) is 0.816. The van der Waals surface area contributed by atoms with E-state index >= 15 is 0 Å². The summed E-state index contributed by atoms with van der Waals surface area (Å²) in [6, 6.07) is 10.4. The molecule has 3 rings (SSSR count). The minimum Gasteiger partial charge on any atom is -0.481 e. The van der Waals surface area contributed by atoms with Crippen LogP contribution >= 0.6 is 0 Å². The minimum atomic E-state index is -0.753. The number of hydrogen-bond donors (Lipinski definition) is 2. The lowest BCUT2D eigenvalue weighted by Crippen LogP contribution is -2.45. The monoisotopic (exact) mass is 345 g/mol. The third-order valence-corrected chi connectivity index (χ3v) is 5.22. The average molecular weight is 345 g/mol. The van der Waals surface area contributed by atoms with Crippen molar-refractivity contribution in [1.82, 2.24) is 10.2 Å². The van der Waals surface area contributed by atoms with Gasteiger partial charge in [-0.25, -0.2) is 0 Å².